The number of ketones is 1. The Morgan fingerprint density at radius 2 is 1.69 bits per heavy atom. The number of Topliss-reactive ketones (excluding diaryl/α,β-unsaturated/α-hetero) is 1. The van der Waals surface area contributed by atoms with Crippen molar-refractivity contribution in [3.05, 3.63) is 113 Å². The van der Waals surface area contributed by atoms with E-state index in [2.05, 4.69) is 15.2 Å². The fraction of sp³-hybridized carbons (Fsp3) is 0.0400. The number of amidine groups is 1. The maximum atomic E-state index is 13.2. The molecule has 4 aromatic rings. The molecule has 0 radical (unpaired) electrons. The van der Waals surface area contributed by atoms with E-state index < -0.39 is 11.4 Å². The summed E-state index contributed by atoms with van der Waals surface area (Å²) in [6, 6.07) is 21.4. The van der Waals surface area contributed by atoms with Gasteiger partial charge in [0.1, 0.15) is 5.70 Å². The summed E-state index contributed by atoms with van der Waals surface area (Å²) in [4.78, 5) is 48.5. The number of para-hydroxylation sites is 2. The second kappa shape index (κ2) is 9.74. The molecule has 1 aliphatic heterocycles. The Balaban J connectivity index is 1.44. The second-order valence-electron chi connectivity index (χ2n) is 7.39. The van der Waals surface area contributed by atoms with Gasteiger partial charge in [-0.05, 0) is 45.9 Å². The van der Waals surface area contributed by atoms with Crippen molar-refractivity contribution in [3.8, 4) is 5.69 Å². The van der Waals surface area contributed by atoms with Crippen molar-refractivity contribution in [2.24, 2.45) is 4.99 Å². The number of aromatic nitrogens is 3. The van der Waals surface area contributed by atoms with Crippen LogP contribution in [0.5, 0.6) is 0 Å². The van der Waals surface area contributed by atoms with Crippen molar-refractivity contribution in [2.75, 3.05) is 10.7 Å². The first-order chi connectivity index (χ1) is 17.1. The molecule has 0 saturated heterocycles. The van der Waals surface area contributed by atoms with E-state index in [1.54, 1.807) is 67.0 Å². The van der Waals surface area contributed by atoms with Crippen LogP contribution in [0.3, 0.4) is 0 Å². The minimum atomic E-state index is -0.776. The van der Waals surface area contributed by atoms with Crippen LogP contribution in [-0.4, -0.2) is 32.9 Å². The van der Waals surface area contributed by atoms with Gasteiger partial charge in [-0.15, -0.1) is 0 Å². The van der Waals surface area contributed by atoms with Crippen molar-refractivity contribution in [1.82, 2.24) is 10.3 Å². The van der Waals surface area contributed by atoms with Crippen LogP contribution in [0.25, 0.3) is 11.8 Å². The standard InChI is InChI=1S/C25H17N5O4S/c31-21(22-24(33)34-28-30(22)19-9-5-2-6-10-19)16-35-25-27-20(15-17-11-13-26-14-12-17)23(32)29(25)18-7-3-1-4-8-18/h1-15H,16H2/p+1/b20-15+. The van der Waals surface area contributed by atoms with E-state index in [-0.39, 0.29) is 23.1 Å². The molecule has 0 saturated carbocycles. The van der Waals surface area contributed by atoms with Gasteiger partial charge < -0.3 is 0 Å². The maximum absolute atomic E-state index is 13.2. The fourth-order valence-corrected chi connectivity index (χ4v) is 4.36. The van der Waals surface area contributed by atoms with E-state index in [9.17, 15) is 14.4 Å². The monoisotopic (exact) mass is 484 g/mol. The number of aromatic amines is 1. The molecule has 35 heavy (non-hydrogen) atoms. The van der Waals surface area contributed by atoms with Crippen molar-refractivity contribution in [1.29, 1.82) is 0 Å². The molecule has 1 N–H and O–H groups in total. The summed E-state index contributed by atoms with van der Waals surface area (Å²) in [5.74, 6) is -0.917. The molecule has 2 aromatic carbocycles. The lowest BCUT2D eigenvalue weighted by Crippen LogP contribution is -2.41. The van der Waals surface area contributed by atoms with Gasteiger partial charge >= 0.3 is 11.3 Å². The van der Waals surface area contributed by atoms with Crippen LogP contribution in [-0.2, 0) is 4.79 Å². The van der Waals surface area contributed by atoms with Gasteiger partial charge in [-0.1, -0.05) is 48.2 Å². The first kappa shape index (κ1) is 22.2. The van der Waals surface area contributed by atoms with E-state index >= 15 is 0 Å². The highest BCUT2D eigenvalue weighted by molar-refractivity contribution is 8.14. The van der Waals surface area contributed by atoms with Gasteiger partial charge in [0.05, 0.1) is 11.4 Å². The zero-order valence-electron chi connectivity index (χ0n) is 18.2. The minimum absolute atomic E-state index is 0.132. The SMILES string of the molecule is O=C(CSC1=N/C(=C/c2ccncc2)C(=O)N1c1ccccc1)c1c(=O)o[nH][n+]1-c1ccccc1. The van der Waals surface area contributed by atoms with Crippen LogP contribution in [0.4, 0.5) is 5.69 Å². The number of nitrogens with one attached hydrogen (secondary N) is 1. The highest BCUT2D eigenvalue weighted by atomic mass is 32.2. The molecule has 1 amide bonds. The number of amides is 1. The molecular weight excluding hydrogens is 466 g/mol. The Kier molecular flexibility index (Phi) is 6.18. The zero-order chi connectivity index (χ0) is 24.2. The van der Waals surface area contributed by atoms with E-state index in [0.717, 1.165) is 17.3 Å². The van der Waals surface area contributed by atoms with Crippen molar-refractivity contribution >= 4 is 40.4 Å². The lowest BCUT2D eigenvalue weighted by Gasteiger charge is -2.17. The summed E-state index contributed by atoms with van der Waals surface area (Å²) in [6.07, 6.45) is 4.92. The largest absolute Gasteiger partial charge is 0.438 e. The first-order valence-corrected chi connectivity index (χ1v) is 11.6. The number of rotatable bonds is 6. The number of carbonyl (C=O) groups is 2. The predicted molar refractivity (Wildman–Crippen MR) is 131 cm³/mol. The fourth-order valence-electron chi connectivity index (χ4n) is 3.48. The highest BCUT2D eigenvalue weighted by Gasteiger charge is 2.35. The summed E-state index contributed by atoms with van der Waals surface area (Å²) in [7, 11) is 0. The number of pyridine rings is 1. The first-order valence-electron chi connectivity index (χ1n) is 10.6. The van der Waals surface area contributed by atoms with Gasteiger partial charge in [0.25, 0.3) is 5.91 Å². The third-order valence-corrected chi connectivity index (χ3v) is 6.05. The zero-order valence-corrected chi connectivity index (χ0v) is 19.0. The van der Waals surface area contributed by atoms with Crippen molar-refractivity contribution < 1.29 is 18.8 Å². The molecule has 0 aliphatic carbocycles. The Morgan fingerprint density at radius 1 is 1.00 bits per heavy atom. The van der Waals surface area contributed by atoms with E-state index in [1.165, 1.54) is 9.58 Å². The average Bonchev–Trinajstić information content (AvgIpc) is 3.43. The molecule has 10 heteroatoms. The number of anilines is 1. The van der Waals surface area contributed by atoms with E-state index in [4.69, 9.17) is 4.52 Å². The van der Waals surface area contributed by atoms with Crippen LogP contribution >= 0.6 is 11.8 Å². The molecule has 0 spiro atoms. The predicted octanol–water partition coefficient (Wildman–Crippen LogP) is 3.00. The lowest BCUT2D eigenvalue weighted by atomic mass is 10.2. The number of benzene rings is 2. The minimum Gasteiger partial charge on any atom is -0.286 e. The van der Waals surface area contributed by atoms with Crippen LogP contribution < -0.4 is 15.2 Å². The number of nitrogens with zero attached hydrogens (tertiary/aromatic N) is 4. The lowest BCUT2D eigenvalue weighted by molar-refractivity contribution is -0.672. The molecule has 2 aromatic heterocycles. The van der Waals surface area contributed by atoms with Crippen LogP contribution in [0.15, 0.2) is 105 Å². The number of carbonyl (C=O) groups excluding carboxylic acids is 2. The molecule has 3 heterocycles. The van der Waals surface area contributed by atoms with Crippen LogP contribution in [0.2, 0.25) is 0 Å². The molecule has 9 nitrogen and oxygen atoms in total. The normalized spacial score (nSPS) is 14.4. The van der Waals surface area contributed by atoms with Gasteiger partial charge in [-0.2, -0.15) is 0 Å². The summed E-state index contributed by atoms with van der Waals surface area (Å²) < 4.78 is 6.18. The molecule has 5 rings (SSSR count). The summed E-state index contributed by atoms with van der Waals surface area (Å²) in [5, 5.41) is 2.80. The molecule has 0 unspecified atom stereocenters. The number of hydrogen-bond acceptors (Lipinski definition) is 7. The summed E-state index contributed by atoms with van der Waals surface area (Å²) >= 11 is 1.07. The number of H-pyrrole nitrogens is 1. The summed E-state index contributed by atoms with van der Waals surface area (Å²) in [6.45, 7) is 0. The molecule has 0 fully saturated rings. The van der Waals surface area contributed by atoms with Crippen LogP contribution in [0, 0.1) is 0 Å². The average molecular weight is 485 g/mol. The quantitative estimate of drug-likeness (QED) is 0.256. The highest BCUT2D eigenvalue weighted by Crippen LogP contribution is 2.29. The Bertz CT molecular complexity index is 1500. The van der Waals surface area contributed by atoms with E-state index in [1.807, 2.05) is 24.3 Å². The van der Waals surface area contributed by atoms with Gasteiger partial charge in [-0.3, -0.25) is 24.0 Å². The Labute approximate surface area is 203 Å². The Morgan fingerprint density at radius 3 is 2.40 bits per heavy atom. The number of aliphatic imine (C=N–C) groups is 1. The Hall–Kier alpha value is -4.57. The molecule has 1 aliphatic rings. The number of thioether (sulfide) groups is 1. The molecule has 0 atom stereocenters. The van der Waals surface area contributed by atoms with Gasteiger partial charge in [-0.25, -0.2) is 9.79 Å². The van der Waals surface area contributed by atoms with Crippen molar-refractivity contribution in [2.45, 2.75) is 0 Å². The van der Waals surface area contributed by atoms with Crippen molar-refractivity contribution in [3.63, 3.8) is 0 Å². The molecule has 0 bridgehead atoms. The van der Waals surface area contributed by atoms with Gasteiger partial charge in [0, 0.05) is 24.5 Å². The smallest absolute Gasteiger partial charge is 0.286 e. The molecule has 172 valence electrons. The van der Waals surface area contributed by atoms with Crippen LogP contribution in [0.1, 0.15) is 16.1 Å². The maximum Gasteiger partial charge on any atom is 0.438 e. The topological polar surface area (TPSA) is 113 Å². The summed E-state index contributed by atoms with van der Waals surface area (Å²) in [5.41, 5.74) is 1.28. The van der Waals surface area contributed by atoms with Gasteiger partial charge in [0.15, 0.2) is 5.17 Å². The second-order valence-corrected chi connectivity index (χ2v) is 8.34. The number of hydrogen-bond donors (Lipinski definition) is 1. The van der Waals surface area contributed by atoms with Gasteiger partial charge in [0.2, 0.25) is 11.5 Å². The molecular formula is C25H18N5O4S+. The van der Waals surface area contributed by atoms with E-state index in [0.29, 0.717) is 16.5 Å². The third kappa shape index (κ3) is 4.59. The third-order valence-electron chi connectivity index (χ3n) is 5.11.